The SMILES string of the molecule is NC(N)=NCCC[C@@H]1NC(=O)[C@H](CCCCNC(=O)[C@@H](N)CSC2CC(=O)N(CCC(=O)NCCC(=O)N3Cc4ccccc4C#Cc4ccccc43)C2=O)NC(=O)[C@@H](Cc2ccccc2)CC(=O)[C@H](CC(=O)O)NC(=O)CNC1=O. The maximum Gasteiger partial charge on any atom is 0.305 e. The summed E-state index contributed by atoms with van der Waals surface area (Å²) in [5.74, 6) is -2.56. The molecule has 3 aromatic carbocycles. The summed E-state index contributed by atoms with van der Waals surface area (Å²) >= 11 is 1.03. The lowest BCUT2D eigenvalue weighted by Gasteiger charge is -2.26. The van der Waals surface area contributed by atoms with E-state index in [-0.39, 0.29) is 102 Å². The molecule has 0 bridgehead atoms. The zero-order valence-electron chi connectivity index (χ0n) is 44.6. The van der Waals surface area contributed by atoms with Crippen LogP contribution in [0.25, 0.3) is 0 Å². The van der Waals surface area contributed by atoms with Crippen molar-refractivity contribution in [3.8, 4) is 11.8 Å². The number of anilines is 1. The zero-order valence-corrected chi connectivity index (χ0v) is 45.4. The maximum atomic E-state index is 14.2. The van der Waals surface area contributed by atoms with Crippen molar-refractivity contribution in [3.63, 3.8) is 0 Å². The lowest BCUT2D eigenvalue weighted by atomic mass is 9.90. The van der Waals surface area contributed by atoms with Gasteiger partial charge in [0, 0.05) is 74.7 Å². The average molecular weight is 1130 g/mol. The van der Waals surface area contributed by atoms with Crippen LogP contribution in [0, 0.1) is 17.8 Å². The van der Waals surface area contributed by atoms with Crippen molar-refractivity contribution in [2.45, 2.75) is 107 Å². The van der Waals surface area contributed by atoms with Gasteiger partial charge in [-0.2, -0.15) is 0 Å². The number of likely N-dealkylation sites (tertiary alicyclic amines) is 1. The number of rotatable bonds is 23. The number of carbonyl (C=O) groups excluding carboxylic acids is 10. The van der Waals surface area contributed by atoms with Gasteiger partial charge < -0.3 is 59.1 Å². The van der Waals surface area contributed by atoms with Gasteiger partial charge in [0.1, 0.15) is 12.1 Å². The van der Waals surface area contributed by atoms with Crippen LogP contribution in [-0.4, -0.2) is 149 Å². The fourth-order valence-corrected chi connectivity index (χ4v) is 10.3. The lowest BCUT2D eigenvalue weighted by Crippen LogP contribution is -2.55. The molecule has 430 valence electrons. The highest BCUT2D eigenvalue weighted by molar-refractivity contribution is 8.00. The van der Waals surface area contributed by atoms with E-state index in [1.54, 1.807) is 35.2 Å². The summed E-state index contributed by atoms with van der Waals surface area (Å²) in [5, 5.41) is 24.3. The predicted octanol–water partition coefficient (Wildman–Crippen LogP) is -0.765. The first kappa shape index (κ1) is 61.6. The summed E-state index contributed by atoms with van der Waals surface area (Å²) in [6, 6.07) is 18.4. The summed E-state index contributed by atoms with van der Waals surface area (Å²) in [5.41, 5.74) is 20.8. The molecule has 24 nitrogen and oxygen atoms in total. The molecule has 25 heteroatoms. The number of guanidine groups is 1. The molecule has 6 atom stereocenters. The Labute approximate surface area is 472 Å². The van der Waals surface area contributed by atoms with Crippen molar-refractivity contribution in [2.75, 3.05) is 43.4 Å². The number of carboxylic acids is 1. The first-order valence-electron chi connectivity index (χ1n) is 26.6. The van der Waals surface area contributed by atoms with Crippen molar-refractivity contribution in [3.05, 3.63) is 101 Å². The lowest BCUT2D eigenvalue weighted by molar-refractivity contribution is -0.141. The first-order chi connectivity index (χ1) is 38.9. The summed E-state index contributed by atoms with van der Waals surface area (Å²) < 4.78 is 0. The van der Waals surface area contributed by atoms with Gasteiger partial charge in [0.15, 0.2) is 11.7 Å². The van der Waals surface area contributed by atoms with E-state index in [0.29, 0.717) is 23.4 Å². The number of unbranched alkanes of at least 4 members (excludes halogenated alkanes) is 1. The number of amides is 9. The maximum absolute atomic E-state index is 14.2. The van der Waals surface area contributed by atoms with Crippen LogP contribution >= 0.6 is 11.8 Å². The Hall–Kier alpha value is -8.63. The molecule has 6 rings (SSSR count). The molecule has 1 unspecified atom stereocenters. The molecular formula is C56H68N12O12S. The fraction of sp³-hybridized carbons (Fsp3) is 0.429. The van der Waals surface area contributed by atoms with Crippen LogP contribution < -0.4 is 54.0 Å². The van der Waals surface area contributed by atoms with Gasteiger partial charge in [0.25, 0.3) is 0 Å². The minimum atomic E-state index is -1.54. The predicted molar refractivity (Wildman–Crippen MR) is 299 cm³/mol. The normalized spacial score (nSPS) is 19.9. The van der Waals surface area contributed by atoms with Crippen LogP contribution in [0.4, 0.5) is 5.69 Å². The Bertz CT molecular complexity index is 2930. The Balaban J connectivity index is 0.982. The number of carbonyl (C=O) groups is 11. The van der Waals surface area contributed by atoms with Gasteiger partial charge >= 0.3 is 5.97 Å². The van der Waals surface area contributed by atoms with Crippen LogP contribution in [0.2, 0.25) is 0 Å². The van der Waals surface area contributed by atoms with Crippen molar-refractivity contribution in [1.29, 1.82) is 0 Å². The quantitative estimate of drug-likeness (QED) is 0.0183. The van der Waals surface area contributed by atoms with Crippen LogP contribution in [0.5, 0.6) is 0 Å². The van der Waals surface area contributed by atoms with Crippen LogP contribution in [-0.2, 0) is 65.7 Å². The molecular weight excluding hydrogens is 1060 g/mol. The summed E-state index contributed by atoms with van der Waals surface area (Å²) in [7, 11) is 0. The topological polar surface area (TPSA) is 377 Å². The Morgan fingerprint density at radius 2 is 1.43 bits per heavy atom. The van der Waals surface area contributed by atoms with Crippen molar-refractivity contribution in [2.24, 2.45) is 28.1 Å². The molecule has 3 heterocycles. The number of nitrogens with zero attached hydrogens (tertiary/aromatic N) is 3. The third-order valence-corrected chi connectivity index (χ3v) is 14.8. The average Bonchev–Trinajstić information content (AvgIpc) is 3.73. The van der Waals surface area contributed by atoms with E-state index in [9.17, 15) is 57.8 Å². The van der Waals surface area contributed by atoms with E-state index >= 15 is 0 Å². The van der Waals surface area contributed by atoms with Crippen molar-refractivity contribution < 1.29 is 57.8 Å². The van der Waals surface area contributed by atoms with Gasteiger partial charge in [-0.25, -0.2) is 0 Å². The smallest absolute Gasteiger partial charge is 0.305 e. The molecule has 3 aliphatic rings. The molecule has 3 aliphatic heterocycles. The molecule has 0 spiro atoms. The monoisotopic (exact) mass is 1130 g/mol. The molecule has 3 aromatic rings. The molecule has 0 saturated carbocycles. The minimum absolute atomic E-state index is 0.00416. The first-order valence-corrected chi connectivity index (χ1v) is 27.7. The standard InChI is InChI=1S/C56H68N12O12S/c57-39(33-81-45-30-49(73)67(55(45)80)26-22-46(70)60-25-21-48(72)68-32-37-15-5-4-13-35(37)19-20-36-14-6-7-18-43(36)68)52(77)61-23-9-8-16-41-54(79)66-40(17-10-24-62-56(58)59)53(78)63-31-47(71)64-42(29-50(74)75)44(69)28-38(51(76)65-41)27-34-11-2-1-3-12-34/h1-7,11-15,18,38-42,45H,8-10,16-17,21-33,57H2,(H,60,70)(H,61,77)(H,63,78)(H,64,71)(H,65,76)(H,66,79)(H,74,75)(H4,58,59,62)/t38-,39-,40-,41-,42-,45?/m0/s1. The van der Waals surface area contributed by atoms with Gasteiger partial charge in [0.2, 0.25) is 53.2 Å². The van der Waals surface area contributed by atoms with Crippen LogP contribution in [0.3, 0.4) is 0 Å². The Morgan fingerprint density at radius 1 is 0.753 bits per heavy atom. The number of para-hydroxylation sites is 1. The van der Waals surface area contributed by atoms with Crippen molar-refractivity contribution >= 4 is 88.3 Å². The van der Waals surface area contributed by atoms with Gasteiger partial charge in [-0.1, -0.05) is 72.5 Å². The van der Waals surface area contributed by atoms with E-state index in [4.69, 9.17) is 17.2 Å². The second kappa shape index (κ2) is 30.7. The van der Waals surface area contributed by atoms with Gasteiger partial charge in [-0.15, -0.1) is 11.8 Å². The number of Topliss-reactive ketones (excluding diaryl/α,β-unsaturated/α-hetero) is 1. The molecule has 9 amide bonds. The molecule has 0 aliphatic carbocycles. The number of nitrogens with two attached hydrogens (primary N) is 3. The molecule has 0 radical (unpaired) electrons. The number of nitrogens with one attached hydrogen (secondary N) is 6. The number of hydrogen-bond acceptors (Lipinski definition) is 14. The highest BCUT2D eigenvalue weighted by Gasteiger charge is 2.40. The summed E-state index contributed by atoms with van der Waals surface area (Å²) in [6.45, 7) is -0.356. The molecule has 0 aromatic heterocycles. The van der Waals surface area contributed by atoms with E-state index in [1.807, 2.05) is 48.5 Å². The second-order valence-electron chi connectivity index (χ2n) is 19.6. The van der Waals surface area contributed by atoms with E-state index in [0.717, 1.165) is 27.8 Å². The number of carboxylic acid groups (broad SMARTS) is 1. The van der Waals surface area contributed by atoms with E-state index in [2.05, 4.69) is 48.7 Å². The number of benzene rings is 3. The summed E-state index contributed by atoms with van der Waals surface area (Å²) in [6.07, 6.45) is -0.948. The number of fused-ring (bicyclic) bond motifs is 2. The molecule has 81 heavy (non-hydrogen) atoms. The van der Waals surface area contributed by atoms with Crippen LogP contribution in [0.15, 0.2) is 83.9 Å². The number of ketones is 1. The third kappa shape index (κ3) is 19.0. The van der Waals surface area contributed by atoms with E-state index < -0.39 is 114 Å². The van der Waals surface area contributed by atoms with Gasteiger partial charge in [-0.05, 0) is 67.9 Å². The summed E-state index contributed by atoms with van der Waals surface area (Å²) in [4.78, 5) is 152. The number of hydrogen-bond donors (Lipinski definition) is 10. The second-order valence-corrected chi connectivity index (χ2v) is 20.9. The van der Waals surface area contributed by atoms with Gasteiger partial charge in [0.05, 0.1) is 42.5 Å². The number of aliphatic carboxylic acids is 1. The number of aliphatic imine (C=N–C) groups is 1. The number of imide groups is 1. The zero-order chi connectivity index (χ0) is 58.4. The van der Waals surface area contributed by atoms with Gasteiger partial charge in [-0.3, -0.25) is 62.6 Å². The van der Waals surface area contributed by atoms with Crippen LogP contribution in [0.1, 0.15) is 86.5 Å². The fourth-order valence-electron chi connectivity index (χ4n) is 9.18. The molecule has 2 fully saturated rings. The highest BCUT2D eigenvalue weighted by Crippen LogP contribution is 2.28. The highest BCUT2D eigenvalue weighted by atomic mass is 32.2. The van der Waals surface area contributed by atoms with E-state index in [1.165, 1.54) is 0 Å². The molecule has 2 saturated heterocycles. The number of thioether (sulfide) groups is 1. The third-order valence-electron chi connectivity index (χ3n) is 13.5. The Morgan fingerprint density at radius 3 is 2.19 bits per heavy atom. The largest absolute Gasteiger partial charge is 0.481 e. The Kier molecular flexibility index (Phi) is 23.3. The molecule has 13 N–H and O–H groups in total. The minimum Gasteiger partial charge on any atom is -0.481 e. The van der Waals surface area contributed by atoms with Crippen molar-refractivity contribution in [1.82, 2.24) is 36.8 Å².